The first kappa shape index (κ1) is 15.8. The van der Waals surface area contributed by atoms with Crippen molar-refractivity contribution >= 4 is 21.7 Å². The van der Waals surface area contributed by atoms with Gasteiger partial charge in [0, 0.05) is 12.6 Å². The molecule has 0 aliphatic rings. The molecule has 0 aliphatic heterocycles. The summed E-state index contributed by atoms with van der Waals surface area (Å²) in [6, 6.07) is 2.98. The van der Waals surface area contributed by atoms with Gasteiger partial charge >= 0.3 is 0 Å². The molecule has 1 aromatic heterocycles. The first-order valence-electron chi connectivity index (χ1n) is 6.70. The van der Waals surface area contributed by atoms with E-state index < -0.39 is 17.4 Å². The molecule has 2 rings (SSSR count). The molecule has 0 atom stereocenters. The Bertz CT molecular complexity index is 683. The molecule has 0 aliphatic carbocycles. The zero-order valence-corrected chi connectivity index (χ0v) is 13.4. The van der Waals surface area contributed by atoms with Gasteiger partial charge in [-0.25, -0.2) is 8.78 Å². The normalized spacial score (nSPS) is 10.9. The van der Waals surface area contributed by atoms with E-state index >= 15 is 0 Å². The minimum absolute atomic E-state index is 0.0178. The number of Topliss-reactive ketones (excluding diaryl/α,β-unsaturated/α-hetero) is 1. The SMILES string of the molecule is CCc1nn(CC)c(CC(=O)c2ccc(F)cc2F)c1Br. The second-order valence-corrected chi connectivity index (χ2v) is 5.39. The van der Waals surface area contributed by atoms with E-state index in [0.29, 0.717) is 12.2 Å². The highest BCUT2D eigenvalue weighted by atomic mass is 79.9. The molecule has 0 fully saturated rings. The number of nitrogens with zero attached hydrogens (tertiary/aromatic N) is 2. The van der Waals surface area contributed by atoms with Crippen LogP contribution in [0.3, 0.4) is 0 Å². The maximum Gasteiger partial charge on any atom is 0.171 e. The van der Waals surface area contributed by atoms with Crippen molar-refractivity contribution in [2.24, 2.45) is 0 Å². The Morgan fingerprint density at radius 1 is 1.33 bits per heavy atom. The average Bonchev–Trinajstić information content (AvgIpc) is 2.75. The Hall–Kier alpha value is -1.56. The molecule has 0 N–H and O–H groups in total. The number of rotatable bonds is 5. The number of ketones is 1. The lowest BCUT2D eigenvalue weighted by Gasteiger charge is -2.06. The van der Waals surface area contributed by atoms with Crippen LogP contribution in [0, 0.1) is 11.6 Å². The van der Waals surface area contributed by atoms with Crippen molar-refractivity contribution in [2.75, 3.05) is 0 Å². The summed E-state index contributed by atoms with van der Waals surface area (Å²) in [5.74, 6) is -1.93. The first-order valence-corrected chi connectivity index (χ1v) is 7.49. The predicted molar refractivity (Wildman–Crippen MR) is 79.4 cm³/mol. The van der Waals surface area contributed by atoms with Crippen molar-refractivity contribution in [3.63, 3.8) is 0 Å². The van der Waals surface area contributed by atoms with Crippen molar-refractivity contribution in [2.45, 2.75) is 33.2 Å². The Kier molecular flexibility index (Phi) is 4.88. The van der Waals surface area contributed by atoms with Crippen LogP contribution in [0.15, 0.2) is 22.7 Å². The summed E-state index contributed by atoms with van der Waals surface area (Å²) in [6.45, 7) is 4.51. The van der Waals surface area contributed by atoms with Crippen LogP contribution in [0.4, 0.5) is 8.78 Å². The standard InChI is InChI=1S/C15H15BrF2N2O/c1-3-12-15(16)13(20(4-2)19-12)8-14(21)10-6-5-9(17)7-11(10)18/h5-7H,3-4,8H2,1-2H3. The van der Waals surface area contributed by atoms with Gasteiger partial charge in [0.1, 0.15) is 11.6 Å². The molecule has 0 unspecified atom stereocenters. The fourth-order valence-corrected chi connectivity index (χ4v) is 2.85. The topological polar surface area (TPSA) is 34.9 Å². The molecule has 0 radical (unpaired) electrons. The lowest BCUT2D eigenvalue weighted by Crippen LogP contribution is -2.11. The molecule has 0 spiro atoms. The quantitative estimate of drug-likeness (QED) is 0.760. The van der Waals surface area contributed by atoms with Crippen LogP contribution < -0.4 is 0 Å². The lowest BCUT2D eigenvalue weighted by molar-refractivity contribution is 0.0986. The summed E-state index contributed by atoms with van der Waals surface area (Å²) < 4.78 is 29.1. The number of aryl methyl sites for hydroxylation is 2. The van der Waals surface area contributed by atoms with E-state index in [1.807, 2.05) is 13.8 Å². The molecular weight excluding hydrogens is 342 g/mol. The van der Waals surface area contributed by atoms with E-state index in [0.717, 1.165) is 28.7 Å². The number of aromatic nitrogens is 2. The van der Waals surface area contributed by atoms with Crippen LogP contribution in [0.1, 0.15) is 35.6 Å². The van der Waals surface area contributed by atoms with Gasteiger partial charge in [-0.15, -0.1) is 0 Å². The zero-order chi connectivity index (χ0) is 15.6. The predicted octanol–water partition coefficient (Wildman–Crippen LogP) is 3.93. The molecule has 112 valence electrons. The van der Waals surface area contributed by atoms with E-state index in [9.17, 15) is 13.6 Å². The maximum absolute atomic E-state index is 13.7. The van der Waals surface area contributed by atoms with E-state index in [4.69, 9.17) is 0 Å². The largest absolute Gasteiger partial charge is 0.294 e. The Labute approximate surface area is 130 Å². The van der Waals surface area contributed by atoms with E-state index in [1.54, 1.807) is 4.68 Å². The highest BCUT2D eigenvalue weighted by Crippen LogP contribution is 2.24. The van der Waals surface area contributed by atoms with Gasteiger partial charge in [0.15, 0.2) is 5.78 Å². The van der Waals surface area contributed by atoms with Crippen LogP contribution in [-0.2, 0) is 19.4 Å². The minimum Gasteiger partial charge on any atom is -0.294 e. The Morgan fingerprint density at radius 2 is 2.05 bits per heavy atom. The molecular formula is C15H15BrF2N2O. The molecule has 21 heavy (non-hydrogen) atoms. The molecule has 0 amide bonds. The van der Waals surface area contributed by atoms with Gasteiger partial charge in [0.25, 0.3) is 0 Å². The summed E-state index contributed by atoms with van der Waals surface area (Å²) in [5, 5.41) is 4.39. The molecule has 6 heteroatoms. The molecule has 2 aromatic rings. The fourth-order valence-electron chi connectivity index (χ4n) is 2.15. The molecule has 1 aromatic carbocycles. The minimum atomic E-state index is -0.839. The van der Waals surface area contributed by atoms with Crippen LogP contribution >= 0.6 is 15.9 Å². The third kappa shape index (κ3) is 3.20. The number of benzene rings is 1. The molecule has 0 saturated heterocycles. The molecule has 1 heterocycles. The first-order chi connectivity index (χ1) is 9.97. The van der Waals surface area contributed by atoms with Gasteiger partial charge in [-0.1, -0.05) is 6.92 Å². The number of carbonyl (C=O) groups excluding carboxylic acids is 1. The van der Waals surface area contributed by atoms with Gasteiger partial charge in [-0.05, 0) is 41.4 Å². The monoisotopic (exact) mass is 356 g/mol. The summed E-state index contributed by atoms with van der Waals surface area (Å²) in [5.41, 5.74) is 1.47. The number of hydrogen-bond donors (Lipinski definition) is 0. The van der Waals surface area contributed by atoms with Crippen LogP contribution in [0.25, 0.3) is 0 Å². The van der Waals surface area contributed by atoms with E-state index in [-0.39, 0.29) is 12.0 Å². The highest BCUT2D eigenvalue weighted by molar-refractivity contribution is 9.10. The fraction of sp³-hybridized carbons (Fsp3) is 0.333. The van der Waals surface area contributed by atoms with Gasteiger partial charge in [-0.3, -0.25) is 9.48 Å². The maximum atomic E-state index is 13.7. The Balaban J connectivity index is 2.33. The van der Waals surface area contributed by atoms with Crippen LogP contribution in [0.2, 0.25) is 0 Å². The summed E-state index contributed by atoms with van der Waals surface area (Å²) in [4.78, 5) is 12.2. The third-order valence-electron chi connectivity index (χ3n) is 3.25. The van der Waals surface area contributed by atoms with Crippen molar-refractivity contribution in [1.29, 1.82) is 0 Å². The van der Waals surface area contributed by atoms with Crippen molar-refractivity contribution in [1.82, 2.24) is 9.78 Å². The molecule has 0 bridgehead atoms. The van der Waals surface area contributed by atoms with Gasteiger partial charge in [0.2, 0.25) is 0 Å². The van der Waals surface area contributed by atoms with Crippen molar-refractivity contribution < 1.29 is 13.6 Å². The number of halogens is 3. The second-order valence-electron chi connectivity index (χ2n) is 4.60. The van der Waals surface area contributed by atoms with Crippen LogP contribution in [0.5, 0.6) is 0 Å². The molecule has 3 nitrogen and oxygen atoms in total. The Morgan fingerprint density at radius 3 is 2.62 bits per heavy atom. The van der Waals surface area contributed by atoms with E-state index in [2.05, 4.69) is 21.0 Å². The summed E-state index contributed by atoms with van der Waals surface area (Å²) in [7, 11) is 0. The number of carbonyl (C=O) groups is 1. The smallest absolute Gasteiger partial charge is 0.171 e. The summed E-state index contributed by atoms with van der Waals surface area (Å²) in [6.07, 6.45) is 0.754. The second kappa shape index (κ2) is 6.47. The highest BCUT2D eigenvalue weighted by Gasteiger charge is 2.19. The average molecular weight is 357 g/mol. The zero-order valence-electron chi connectivity index (χ0n) is 11.8. The summed E-state index contributed by atoms with van der Waals surface area (Å²) >= 11 is 3.44. The number of hydrogen-bond acceptors (Lipinski definition) is 2. The van der Waals surface area contributed by atoms with Gasteiger partial charge < -0.3 is 0 Å². The van der Waals surface area contributed by atoms with Crippen molar-refractivity contribution in [3.05, 3.63) is 51.3 Å². The molecule has 0 saturated carbocycles. The lowest BCUT2D eigenvalue weighted by atomic mass is 10.1. The van der Waals surface area contributed by atoms with E-state index in [1.165, 1.54) is 6.07 Å². The van der Waals surface area contributed by atoms with Gasteiger partial charge in [0.05, 0.1) is 27.8 Å². The van der Waals surface area contributed by atoms with Crippen molar-refractivity contribution in [3.8, 4) is 0 Å². The van der Waals surface area contributed by atoms with Crippen LogP contribution in [-0.4, -0.2) is 15.6 Å². The van der Waals surface area contributed by atoms with Gasteiger partial charge in [-0.2, -0.15) is 5.10 Å². The third-order valence-corrected chi connectivity index (χ3v) is 4.17.